The number of nitrogens with zero attached hydrogens (tertiary/aromatic N) is 1. The fourth-order valence-electron chi connectivity index (χ4n) is 2.93. The molecule has 0 radical (unpaired) electrons. The van der Waals surface area contributed by atoms with Crippen LogP contribution in [0.5, 0.6) is 11.5 Å². The number of hydrogen-bond acceptors (Lipinski definition) is 5. The lowest BCUT2D eigenvalue weighted by Gasteiger charge is -2.18. The maximum Gasteiger partial charge on any atom is 0.255 e. The highest BCUT2D eigenvalue weighted by Gasteiger charge is 2.15. The minimum absolute atomic E-state index is 0.122. The van der Waals surface area contributed by atoms with Gasteiger partial charge < -0.3 is 25.0 Å². The molecule has 2 aromatic rings. The van der Waals surface area contributed by atoms with Crippen molar-refractivity contribution < 1.29 is 23.9 Å². The summed E-state index contributed by atoms with van der Waals surface area (Å²) >= 11 is 5.96. The summed E-state index contributed by atoms with van der Waals surface area (Å²) in [5.74, 6) is 0.151. The lowest BCUT2D eigenvalue weighted by Crippen LogP contribution is -2.35. The molecular formula is C23H28ClN3O5. The fourth-order valence-corrected chi connectivity index (χ4v) is 3.11. The van der Waals surface area contributed by atoms with Crippen molar-refractivity contribution >= 4 is 35.0 Å². The summed E-state index contributed by atoms with van der Waals surface area (Å²) in [6.45, 7) is 2.51. The zero-order valence-corrected chi connectivity index (χ0v) is 19.2. The molecule has 0 bridgehead atoms. The molecule has 0 aliphatic rings. The summed E-state index contributed by atoms with van der Waals surface area (Å²) in [7, 11) is 3.04. The van der Waals surface area contributed by atoms with Crippen LogP contribution in [0.15, 0.2) is 42.5 Å². The van der Waals surface area contributed by atoms with E-state index in [0.717, 1.165) is 0 Å². The Morgan fingerprint density at radius 2 is 1.84 bits per heavy atom. The predicted molar refractivity (Wildman–Crippen MR) is 123 cm³/mol. The van der Waals surface area contributed by atoms with E-state index >= 15 is 0 Å². The van der Waals surface area contributed by atoms with Crippen molar-refractivity contribution in [3.05, 3.63) is 53.1 Å². The second-order valence-corrected chi connectivity index (χ2v) is 7.37. The summed E-state index contributed by atoms with van der Waals surface area (Å²) in [6.07, 6.45) is 0.632. The molecular weight excluding hydrogens is 434 g/mol. The quantitative estimate of drug-likeness (QED) is 0.500. The molecule has 2 rings (SSSR count). The molecule has 0 saturated heterocycles. The number of likely N-dealkylation sites (N-methyl/N-ethyl adjacent to an activating group) is 1. The number of benzene rings is 2. The molecule has 172 valence electrons. The second kappa shape index (κ2) is 12.6. The van der Waals surface area contributed by atoms with Crippen molar-refractivity contribution in [2.75, 3.05) is 39.2 Å². The van der Waals surface area contributed by atoms with Crippen LogP contribution in [-0.2, 0) is 9.59 Å². The third kappa shape index (κ3) is 7.46. The monoisotopic (exact) mass is 461 g/mol. The first-order valence-corrected chi connectivity index (χ1v) is 10.6. The SMILES string of the molecule is CCOc1ccccc1C(=O)NCCCC(=O)N(C)CC(=O)Nc1cc(Cl)ccc1OC. The maximum absolute atomic E-state index is 12.4. The number of anilines is 1. The van der Waals surface area contributed by atoms with Gasteiger partial charge in [0.15, 0.2) is 0 Å². The predicted octanol–water partition coefficient (Wildman–Crippen LogP) is 3.35. The molecule has 0 saturated carbocycles. The van der Waals surface area contributed by atoms with Gasteiger partial charge in [0.2, 0.25) is 11.8 Å². The van der Waals surface area contributed by atoms with E-state index in [0.29, 0.717) is 47.3 Å². The van der Waals surface area contributed by atoms with Gasteiger partial charge in [0.25, 0.3) is 5.91 Å². The molecule has 0 unspecified atom stereocenters. The smallest absolute Gasteiger partial charge is 0.255 e. The van der Waals surface area contributed by atoms with Gasteiger partial charge in [0.1, 0.15) is 11.5 Å². The highest BCUT2D eigenvalue weighted by atomic mass is 35.5. The van der Waals surface area contributed by atoms with Gasteiger partial charge in [0, 0.05) is 25.0 Å². The van der Waals surface area contributed by atoms with Gasteiger partial charge >= 0.3 is 0 Å². The molecule has 0 spiro atoms. The lowest BCUT2D eigenvalue weighted by molar-refractivity contribution is -0.133. The van der Waals surface area contributed by atoms with Gasteiger partial charge in [-0.3, -0.25) is 14.4 Å². The summed E-state index contributed by atoms with van der Waals surface area (Å²) in [6, 6.07) is 11.9. The van der Waals surface area contributed by atoms with Crippen LogP contribution < -0.4 is 20.1 Å². The van der Waals surface area contributed by atoms with Gasteiger partial charge in [0.05, 0.1) is 31.5 Å². The lowest BCUT2D eigenvalue weighted by atomic mass is 10.2. The van der Waals surface area contributed by atoms with E-state index in [1.54, 1.807) is 49.5 Å². The Hall–Kier alpha value is -3.26. The molecule has 0 aliphatic carbocycles. The first-order valence-electron chi connectivity index (χ1n) is 10.2. The van der Waals surface area contributed by atoms with Gasteiger partial charge in [-0.05, 0) is 43.7 Å². The first kappa shape index (κ1) is 25.0. The van der Waals surface area contributed by atoms with E-state index in [2.05, 4.69) is 10.6 Å². The number of rotatable bonds is 11. The molecule has 0 aliphatic heterocycles. The normalized spacial score (nSPS) is 10.2. The number of halogens is 1. The summed E-state index contributed by atoms with van der Waals surface area (Å²) < 4.78 is 10.7. The number of hydrogen-bond donors (Lipinski definition) is 2. The minimum atomic E-state index is -0.373. The highest BCUT2D eigenvalue weighted by molar-refractivity contribution is 6.31. The van der Waals surface area contributed by atoms with Crippen molar-refractivity contribution in [2.45, 2.75) is 19.8 Å². The topological polar surface area (TPSA) is 97.0 Å². The number of carbonyl (C=O) groups excluding carboxylic acids is 3. The average Bonchev–Trinajstić information content (AvgIpc) is 2.77. The Kier molecular flexibility index (Phi) is 9.81. The van der Waals surface area contributed by atoms with Crippen LogP contribution in [0.4, 0.5) is 5.69 Å². The van der Waals surface area contributed by atoms with Crippen LogP contribution in [0.3, 0.4) is 0 Å². The molecule has 0 heterocycles. The summed E-state index contributed by atoms with van der Waals surface area (Å²) in [4.78, 5) is 38.3. The van der Waals surface area contributed by atoms with E-state index in [9.17, 15) is 14.4 Å². The van der Waals surface area contributed by atoms with Gasteiger partial charge in [-0.1, -0.05) is 23.7 Å². The standard InChI is InChI=1S/C23H28ClN3O5/c1-4-32-19-9-6-5-8-17(19)23(30)25-13-7-10-22(29)27(2)15-21(28)26-18-14-16(24)11-12-20(18)31-3/h5-6,8-9,11-12,14H,4,7,10,13,15H2,1-3H3,(H,25,30)(H,26,28). The van der Waals surface area contributed by atoms with Gasteiger partial charge in [-0.25, -0.2) is 0 Å². The number of amides is 3. The van der Waals surface area contributed by atoms with Crippen LogP contribution in [0.25, 0.3) is 0 Å². The zero-order valence-electron chi connectivity index (χ0n) is 18.4. The highest BCUT2D eigenvalue weighted by Crippen LogP contribution is 2.27. The molecule has 0 atom stereocenters. The second-order valence-electron chi connectivity index (χ2n) is 6.93. The average molecular weight is 462 g/mol. The molecule has 3 amide bonds. The molecule has 9 heteroatoms. The van der Waals surface area contributed by atoms with Gasteiger partial charge in [-0.15, -0.1) is 0 Å². The molecule has 0 aromatic heterocycles. The van der Waals surface area contributed by atoms with Crippen LogP contribution >= 0.6 is 11.6 Å². The number of para-hydroxylation sites is 1. The van der Waals surface area contributed by atoms with Crippen molar-refractivity contribution in [3.8, 4) is 11.5 Å². The number of carbonyl (C=O) groups is 3. The summed E-state index contributed by atoms with van der Waals surface area (Å²) in [5.41, 5.74) is 0.881. The minimum Gasteiger partial charge on any atom is -0.495 e. The van der Waals surface area contributed by atoms with Crippen molar-refractivity contribution in [1.82, 2.24) is 10.2 Å². The third-order valence-electron chi connectivity index (χ3n) is 4.53. The molecule has 2 aromatic carbocycles. The van der Waals surface area contributed by atoms with Crippen LogP contribution in [0.1, 0.15) is 30.1 Å². The Morgan fingerprint density at radius 3 is 2.56 bits per heavy atom. The van der Waals surface area contributed by atoms with Crippen LogP contribution in [0, 0.1) is 0 Å². The van der Waals surface area contributed by atoms with E-state index in [-0.39, 0.29) is 30.7 Å². The first-order chi connectivity index (χ1) is 15.3. The Labute approximate surface area is 192 Å². The van der Waals surface area contributed by atoms with Crippen LogP contribution in [-0.4, -0.2) is 56.5 Å². The van der Waals surface area contributed by atoms with Crippen LogP contribution in [0.2, 0.25) is 5.02 Å². The zero-order chi connectivity index (χ0) is 23.5. The van der Waals surface area contributed by atoms with E-state index in [1.165, 1.54) is 12.0 Å². The van der Waals surface area contributed by atoms with Crippen molar-refractivity contribution in [2.24, 2.45) is 0 Å². The molecule has 0 fully saturated rings. The Morgan fingerprint density at radius 1 is 1.09 bits per heavy atom. The van der Waals surface area contributed by atoms with E-state index in [4.69, 9.17) is 21.1 Å². The molecule has 2 N–H and O–H groups in total. The summed E-state index contributed by atoms with van der Waals surface area (Å²) in [5, 5.41) is 5.94. The molecule has 32 heavy (non-hydrogen) atoms. The number of nitrogens with one attached hydrogen (secondary N) is 2. The van der Waals surface area contributed by atoms with Gasteiger partial charge in [-0.2, -0.15) is 0 Å². The fraction of sp³-hybridized carbons (Fsp3) is 0.348. The van der Waals surface area contributed by atoms with Crippen molar-refractivity contribution in [3.63, 3.8) is 0 Å². The van der Waals surface area contributed by atoms with E-state index in [1.807, 2.05) is 6.92 Å². The Balaban J connectivity index is 1.77. The van der Waals surface area contributed by atoms with Crippen molar-refractivity contribution in [1.29, 1.82) is 0 Å². The Bertz CT molecular complexity index is 951. The maximum atomic E-state index is 12.4. The third-order valence-corrected chi connectivity index (χ3v) is 4.76. The number of methoxy groups -OCH3 is 1. The largest absolute Gasteiger partial charge is 0.495 e. The molecule has 8 nitrogen and oxygen atoms in total. The number of ether oxygens (including phenoxy) is 2. The van der Waals surface area contributed by atoms with E-state index < -0.39 is 0 Å².